The molecule has 0 saturated carbocycles. The highest BCUT2D eigenvalue weighted by Crippen LogP contribution is 2.22. The molecule has 1 aromatic rings. The van der Waals surface area contributed by atoms with Gasteiger partial charge in [-0.2, -0.15) is 4.39 Å². The van der Waals surface area contributed by atoms with E-state index in [1.54, 1.807) is 0 Å². The molecule has 1 atom stereocenters. The molecule has 1 unspecified atom stereocenters. The van der Waals surface area contributed by atoms with Crippen LogP contribution in [0.4, 0.5) is 14.5 Å². The van der Waals surface area contributed by atoms with E-state index in [0.29, 0.717) is 6.07 Å². The number of nitro groups is 1. The van der Waals surface area contributed by atoms with E-state index in [1.807, 2.05) is 0 Å². The third-order valence-corrected chi connectivity index (χ3v) is 2.04. The summed E-state index contributed by atoms with van der Waals surface area (Å²) in [7, 11) is 0. The number of carboxylic acid groups (broad SMARTS) is 1. The highest BCUT2D eigenvalue weighted by Gasteiger charge is 2.22. The number of aliphatic carboxylic acids is 1. The van der Waals surface area contributed by atoms with Gasteiger partial charge < -0.3 is 10.8 Å². The van der Waals surface area contributed by atoms with Crippen LogP contribution in [-0.2, 0) is 11.2 Å². The summed E-state index contributed by atoms with van der Waals surface area (Å²) in [6.07, 6.45) is -0.326. The SMILES string of the molecule is NC(Cc1cc(F)c(F)c([N+](=O)[O-])c1)C(=O)O. The van der Waals surface area contributed by atoms with Crippen LogP contribution in [0.3, 0.4) is 0 Å². The molecule has 1 rings (SSSR count). The molecule has 0 heterocycles. The van der Waals surface area contributed by atoms with Crippen LogP contribution in [0, 0.1) is 21.7 Å². The number of carbonyl (C=O) groups is 1. The van der Waals surface area contributed by atoms with E-state index in [2.05, 4.69) is 0 Å². The van der Waals surface area contributed by atoms with Crippen LogP contribution in [0.25, 0.3) is 0 Å². The lowest BCUT2D eigenvalue weighted by molar-refractivity contribution is -0.387. The summed E-state index contributed by atoms with van der Waals surface area (Å²) in [5.74, 6) is -4.33. The van der Waals surface area contributed by atoms with Gasteiger partial charge in [-0.1, -0.05) is 0 Å². The van der Waals surface area contributed by atoms with Crippen LogP contribution < -0.4 is 5.73 Å². The van der Waals surface area contributed by atoms with Crippen LogP contribution in [0.15, 0.2) is 12.1 Å². The zero-order valence-electron chi connectivity index (χ0n) is 8.39. The summed E-state index contributed by atoms with van der Waals surface area (Å²) in [6, 6.07) is 0.117. The van der Waals surface area contributed by atoms with Crippen LogP contribution in [0.5, 0.6) is 0 Å². The molecule has 0 spiro atoms. The summed E-state index contributed by atoms with van der Waals surface area (Å²) in [5.41, 5.74) is 4.08. The second-order valence-corrected chi connectivity index (χ2v) is 3.32. The molecule has 0 aromatic heterocycles. The first-order chi connectivity index (χ1) is 7.82. The third kappa shape index (κ3) is 2.94. The summed E-state index contributed by atoms with van der Waals surface area (Å²) in [5, 5.41) is 18.9. The quantitative estimate of drug-likeness (QED) is 0.604. The molecular formula is C9H8F2N2O4. The average molecular weight is 246 g/mol. The summed E-state index contributed by atoms with van der Waals surface area (Å²) in [6.45, 7) is 0. The first kappa shape index (κ1) is 13.0. The molecular weight excluding hydrogens is 238 g/mol. The first-order valence-corrected chi connectivity index (χ1v) is 4.43. The highest BCUT2D eigenvalue weighted by molar-refractivity contribution is 5.73. The second kappa shape index (κ2) is 4.83. The van der Waals surface area contributed by atoms with Crippen molar-refractivity contribution < 1.29 is 23.6 Å². The number of hydrogen-bond acceptors (Lipinski definition) is 4. The Morgan fingerprint density at radius 2 is 2.12 bits per heavy atom. The minimum Gasteiger partial charge on any atom is -0.480 e. The molecule has 0 bridgehead atoms. The van der Waals surface area contributed by atoms with Gasteiger partial charge >= 0.3 is 11.7 Å². The van der Waals surface area contributed by atoms with Crippen LogP contribution >= 0.6 is 0 Å². The number of halogens is 2. The van der Waals surface area contributed by atoms with E-state index in [9.17, 15) is 23.7 Å². The lowest BCUT2D eigenvalue weighted by Gasteiger charge is -2.06. The lowest BCUT2D eigenvalue weighted by atomic mass is 10.1. The molecule has 0 radical (unpaired) electrons. The maximum atomic E-state index is 13.0. The zero-order chi connectivity index (χ0) is 13.2. The number of hydrogen-bond donors (Lipinski definition) is 2. The number of nitrogens with zero attached hydrogens (tertiary/aromatic N) is 1. The summed E-state index contributed by atoms with van der Waals surface area (Å²) >= 11 is 0. The van der Waals surface area contributed by atoms with E-state index in [4.69, 9.17) is 10.8 Å². The van der Waals surface area contributed by atoms with Crippen molar-refractivity contribution in [2.75, 3.05) is 0 Å². The van der Waals surface area contributed by atoms with Gasteiger partial charge in [0.05, 0.1) is 4.92 Å². The zero-order valence-corrected chi connectivity index (χ0v) is 8.39. The third-order valence-electron chi connectivity index (χ3n) is 2.04. The molecule has 3 N–H and O–H groups in total. The van der Waals surface area contributed by atoms with Gasteiger partial charge in [-0.05, 0) is 18.1 Å². The fourth-order valence-electron chi connectivity index (χ4n) is 1.22. The van der Waals surface area contributed by atoms with Crippen molar-refractivity contribution in [3.05, 3.63) is 39.4 Å². The van der Waals surface area contributed by atoms with Gasteiger partial charge in [0, 0.05) is 6.07 Å². The van der Waals surface area contributed by atoms with E-state index >= 15 is 0 Å². The van der Waals surface area contributed by atoms with Crippen molar-refractivity contribution in [2.24, 2.45) is 5.73 Å². The Labute approximate surface area is 93.8 Å². The molecule has 17 heavy (non-hydrogen) atoms. The topological polar surface area (TPSA) is 106 Å². The number of carboxylic acids is 1. The van der Waals surface area contributed by atoms with Crippen molar-refractivity contribution in [1.29, 1.82) is 0 Å². The molecule has 6 nitrogen and oxygen atoms in total. The maximum absolute atomic E-state index is 13.0. The second-order valence-electron chi connectivity index (χ2n) is 3.32. The average Bonchev–Trinajstić information content (AvgIpc) is 2.22. The van der Waals surface area contributed by atoms with Crippen LogP contribution in [0.2, 0.25) is 0 Å². The molecule has 0 saturated heterocycles. The van der Waals surface area contributed by atoms with Crippen molar-refractivity contribution in [3.63, 3.8) is 0 Å². The number of benzene rings is 1. The fourth-order valence-corrected chi connectivity index (χ4v) is 1.22. The number of nitro benzene ring substituents is 1. The molecule has 0 fully saturated rings. The minimum absolute atomic E-state index is 0.0505. The molecule has 1 aromatic carbocycles. The number of rotatable bonds is 4. The summed E-state index contributed by atoms with van der Waals surface area (Å²) in [4.78, 5) is 19.8. The first-order valence-electron chi connectivity index (χ1n) is 4.43. The van der Waals surface area contributed by atoms with Crippen molar-refractivity contribution in [2.45, 2.75) is 12.5 Å². The smallest absolute Gasteiger partial charge is 0.320 e. The Bertz CT molecular complexity index is 478. The Morgan fingerprint density at radius 1 is 1.53 bits per heavy atom. The van der Waals surface area contributed by atoms with Gasteiger partial charge in [0.25, 0.3) is 0 Å². The fraction of sp³-hybridized carbons (Fsp3) is 0.222. The van der Waals surface area contributed by atoms with E-state index < -0.39 is 34.3 Å². The van der Waals surface area contributed by atoms with Gasteiger partial charge in [-0.3, -0.25) is 14.9 Å². The monoisotopic (exact) mass is 246 g/mol. The predicted molar refractivity (Wildman–Crippen MR) is 52.3 cm³/mol. The van der Waals surface area contributed by atoms with E-state index in [0.717, 1.165) is 6.07 Å². The van der Waals surface area contributed by atoms with Crippen molar-refractivity contribution in [3.8, 4) is 0 Å². The molecule has 0 aliphatic heterocycles. The van der Waals surface area contributed by atoms with E-state index in [-0.39, 0.29) is 12.0 Å². The molecule has 0 aliphatic rings. The van der Waals surface area contributed by atoms with Gasteiger partial charge in [0.2, 0.25) is 5.82 Å². The minimum atomic E-state index is -1.58. The van der Waals surface area contributed by atoms with Crippen LogP contribution in [-0.4, -0.2) is 22.0 Å². The molecule has 0 aliphatic carbocycles. The van der Waals surface area contributed by atoms with Gasteiger partial charge in [-0.25, -0.2) is 4.39 Å². The van der Waals surface area contributed by atoms with Crippen molar-refractivity contribution >= 4 is 11.7 Å². The Balaban J connectivity index is 3.11. The molecule has 8 heteroatoms. The maximum Gasteiger partial charge on any atom is 0.320 e. The van der Waals surface area contributed by atoms with Gasteiger partial charge in [-0.15, -0.1) is 0 Å². The molecule has 0 amide bonds. The van der Waals surface area contributed by atoms with Gasteiger partial charge in [0.1, 0.15) is 6.04 Å². The van der Waals surface area contributed by atoms with Crippen molar-refractivity contribution in [1.82, 2.24) is 0 Å². The largest absolute Gasteiger partial charge is 0.480 e. The van der Waals surface area contributed by atoms with Gasteiger partial charge in [0.15, 0.2) is 5.82 Å². The predicted octanol–water partition coefficient (Wildman–Crippen LogP) is 0.827. The van der Waals surface area contributed by atoms with E-state index in [1.165, 1.54) is 0 Å². The Kier molecular flexibility index (Phi) is 3.69. The Hall–Kier alpha value is -2.09. The normalized spacial score (nSPS) is 12.2. The standard InChI is InChI=1S/C9H8F2N2O4/c10-5-1-4(2-6(12)9(14)15)3-7(8(5)11)13(16)17/h1,3,6H,2,12H2,(H,14,15). The number of nitrogens with two attached hydrogens (primary N) is 1. The molecule has 92 valence electrons. The highest BCUT2D eigenvalue weighted by atomic mass is 19.2. The Morgan fingerprint density at radius 3 is 2.59 bits per heavy atom. The summed E-state index contributed by atoms with van der Waals surface area (Å²) < 4.78 is 25.9. The van der Waals surface area contributed by atoms with Crippen LogP contribution in [0.1, 0.15) is 5.56 Å². The lowest BCUT2D eigenvalue weighted by Crippen LogP contribution is -2.32.